The van der Waals surface area contributed by atoms with Gasteiger partial charge in [-0.15, -0.1) is 11.3 Å². The van der Waals surface area contributed by atoms with Gasteiger partial charge < -0.3 is 15.1 Å². The minimum Gasteiger partial charge on any atom is -0.355 e. The van der Waals surface area contributed by atoms with Crippen molar-refractivity contribution in [1.82, 2.24) is 20.2 Å². The number of piperidine rings is 1. The maximum atomic E-state index is 12.8. The van der Waals surface area contributed by atoms with E-state index in [9.17, 15) is 4.79 Å². The van der Waals surface area contributed by atoms with Gasteiger partial charge in [-0.05, 0) is 51.3 Å². The Morgan fingerprint density at radius 3 is 2.79 bits per heavy atom. The number of hydrogen-bond acceptors (Lipinski definition) is 6. The number of fused-ring (bicyclic) bond motifs is 1. The number of aryl methyl sites for hydroxylation is 1. The van der Waals surface area contributed by atoms with Gasteiger partial charge in [0.2, 0.25) is 5.91 Å². The van der Waals surface area contributed by atoms with Crippen molar-refractivity contribution in [2.24, 2.45) is 5.92 Å². The second-order valence-electron chi connectivity index (χ2n) is 8.31. The smallest absolute Gasteiger partial charge is 0.224 e. The monoisotopic (exact) mass is 415 g/mol. The minimum absolute atomic E-state index is 0.0437. The molecule has 1 atom stereocenters. The number of nitrogens with zero attached hydrogens (tertiary/aromatic N) is 4. The van der Waals surface area contributed by atoms with Gasteiger partial charge in [0.15, 0.2) is 0 Å². The molecule has 2 aromatic rings. The Bertz CT molecular complexity index is 815. The van der Waals surface area contributed by atoms with Crippen molar-refractivity contribution in [2.45, 2.75) is 51.9 Å². The molecule has 0 aliphatic carbocycles. The van der Waals surface area contributed by atoms with Crippen molar-refractivity contribution < 1.29 is 4.79 Å². The van der Waals surface area contributed by atoms with Crippen LogP contribution in [0.3, 0.4) is 0 Å². The van der Waals surface area contributed by atoms with E-state index < -0.39 is 0 Å². The molecule has 1 amide bonds. The summed E-state index contributed by atoms with van der Waals surface area (Å²) >= 11 is 1.75. The number of carbonyl (C=O) groups excluding carboxylic acids is 1. The molecule has 0 unspecified atom stereocenters. The van der Waals surface area contributed by atoms with E-state index in [0.29, 0.717) is 0 Å². The van der Waals surface area contributed by atoms with E-state index in [1.54, 1.807) is 17.7 Å². The van der Waals surface area contributed by atoms with E-state index in [2.05, 4.69) is 38.1 Å². The van der Waals surface area contributed by atoms with Crippen LogP contribution >= 0.6 is 11.3 Å². The van der Waals surface area contributed by atoms with Crippen molar-refractivity contribution in [2.75, 3.05) is 44.2 Å². The van der Waals surface area contributed by atoms with Crippen LogP contribution in [0.5, 0.6) is 0 Å². The van der Waals surface area contributed by atoms with E-state index in [0.717, 1.165) is 61.5 Å². The fourth-order valence-electron chi connectivity index (χ4n) is 4.54. The lowest BCUT2D eigenvalue weighted by Gasteiger charge is -2.33. The third kappa shape index (κ3) is 5.07. The van der Waals surface area contributed by atoms with Gasteiger partial charge in [0.25, 0.3) is 0 Å². The molecule has 1 N–H and O–H groups in total. The molecule has 0 aromatic carbocycles. The molecule has 4 rings (SSSR count). The molecular weight excluding hydrogens is 382 g/mol. The topological polar surface area (TPSA) is 61.4 Å². The molecule has 0 bridgehead atoms. The van der Waals surface area contributed by atoms with Crippen molar-refractivity contribution in [1.29, 1.82) is 0 Å². The fraction of sp³-hybridized carbons (Fsp3) is 0.682. The predicted molar refractivity (Wildman–Crippen MR) is 120 cm³/mol. The van der Waals surface area contributed by atoms with Crippen LogP contribution in [0.4, 0.5) is 5.82 Å². The Balaban J connectivity index is 1.34. The highest BCUT2D eigenvalue weighted by Crippen LogP contribution is 2.32. The van der Waals surface area contributed by atoms with Crippen LogP contribution in [-0.4, -0.2) is 60.0 Å². The summed E-state index contributed by atoms with van der Waals surface area (Å²) in [7, 11) is 0. The molecule has 2 saturated heterocycles. The number of aromatic nitrogens is 2. The van der Waals surface area contributed by atoms with Crippen LogP contribution in [0.2, 0.25) is 0 Å². The highest BCUT2D eigenvalue weighted by molar-refractivity contribution is 7.18. The van der Waals surface area contributed by atoms with Crippen LogP contribution < -0.4 is 10.2 Å². The first kappa shape index (κ1) is 20.5. The third-order valence-corrected chi connectivity index (χ3v) is 7.41. The predicted octanol–water partition coefficient (Wildman–Crippen LogP) is 3.46. The maximum Gasteiger partial charge on any atom is 0.224 e. The number of anilines is 1. The van der Waals surface area contributed by atoms with Crippen LogP contribution in [0.1, 0.15) is 50.3 Å². The van der Waals surface area contributed by atoms with Crippen LogP contribution in [-0.2, 0) is 11.2 Å². The third-order valence-electron chi connectivity index (χ3n) is 6.23. The molecule has 2 aromatic heterocycles. The molecular formula is C22H33N5OS. The largest absolute Gasteiger partial charge is 0.355 e. The van der Waals surface area contributed by atoms with E-state index in [-0.39, 0.29) is 11.8 Å². The lowest BCUT2D eigenvalue weighted by atomic mass is 9.97. The summed E-state index contributed by atoms with van der Waals surface area (Å²) in [6.45, 7) is 7.97. The van der Waals surface area contributed by atoms with Gasteiger partial charge in [-0.25, -0.2) is 9.97 Å². The summed E-state index contributed by atoms with van der Waals surface area (Å²) < 4.78 is 0. The second-order valence-corrected chi connectivity index (χ2v) is 9.43. The molecule has 7 heteroatoms. The molecule has 0 spiro atoms. The molecule has 4 heterocycles. The van der Waals surface area contributed by atoms with Crippen LogP contribution in [0, 0.1) is 5.92 Å². The quantitative estimate of drug-likeness (QED) is 0.783. The molecule has 2 fully saturated rings. The molecule has 2 aliphatic rings. The van der Waals surface area contributed by atoms with E-state index >= 15 is 0 Å². The van der Waals surface area contributed by atoms with E-state index in [1.807, 2.05) is 0 Å². The summed E-state index contributed by atoms with van der Waals surface area (Å²) in [5, 5.41) is 4.34. The molecule has 29 heavy (non-hydrogen) atoms. The summed E-state index contributed by atoms with van der Waals surface area (Å²) in [6, 6.07) is 2.22. The van der Waals surface area contributed by atoms with Gasteiger partial charge in [-0.3, -0.25) is 4.79 Å². The van der Waals surface area contributed by atoms with Crippen LogP contribution in [0.25, 0.3) is 10.2 Å². The lowest BCUT2D eigenvalue weighted by molar-refractivity contribution is -0.125. The Morgan fingerprint density at radius 2 is 2.00 bits per heavy atom. The highest BCUT2D eigenvalue weighted by Gasteiger charge is 2.27. The number of hydrogen-bond donors (Lipinski definition) is 1. The van der Waals surface area contributed by atoms with Gasteiger partial charge in [0.05, 0.1) is 11.3 Å². The zero-order chi connectivity index (χ0) is 20.1. The molecule has 158 valence electrons. The number of amides is 1. The average molecular weight is 416 g/mol. The van der Waals surface area contributed by atoms with Crippen molar-refractivity contribution in [3.8, 4) is 0 Å². The zero-order valence-corrected chi connectivity index (χ0v) is 18.3. The first-order chi connectivity index (χ1) is 14.2. The molecule has 0 saturated carbocycles. The zero-order valence-electron chi connectivity index (χ0n) is 17.5. The van der Waals surface area contributed by atoms with Gasteiger partial charge >= 0.3 is 0 Å². The number of nitrogens with one attached hydrogen (secondary N) is 1. The summed E-state index contributed by atoms with van der Waals surface area (Å²) in [4.78, 5) is 29.0. The standard InChI is InChI=1S/C22H33N5OS/c1-2-18-14-19-20(24-16-25-22(19)29-18)27-12-7-8-17(15-27)21(28)23-9-13-26-10-5-3-4-6-11-26/h14,16-17H,2-13,15H2,1H3,(H,23,28)/t17-/m0/s1. The Kier molecular flexibility index (Phi) is 6.98. The first-order valence-corrected chi connectivity index (χ1v) is 12.0. The SMILES string of the molecule is CCc1cc2c(N3CCC[C@H](C(=O)NCCN4CCCCCC4)C3)ncnc2s1. The van der Waals surface area contributed by atoms with Crippen molar-refractivity contribution in [3.63, 3.8) is 0 Å². The summed E-state index contributed by atoms with van der Waals surface area (Å²) in [5.74, 6) is 1.24. The van der Waals surface area contributed by atoms with Gasteiger partial charge in [-0.2, -0.15) is 0 Å². The minimum atomic E-state index is 0.0437. The number of rotatable bonds is 6. The first-order valence-electron chi connectivity index (χ1n) is 11.2. The fourth-order valence-corrected chi connectivity index (χ4v) is 5.47. The van der Waals surface area contributed by atoms with Gasteiger partial charge in [-0.1, -0.05) is 19.8 Å². The summed E-state index contributed by atoms with van der Waals surface area (Å²) in [6.07, 6.45) is 9.95. The lowest BCUT2D eigenvalue weighted by Crippen LogP contribution is -2.45. The van der Waals surface area contributed by atoms with E-state index in [1.165, 1.54) is 43.6 Å². The average Bonchev–Trinajstić information content (AvgIpc) is 3.02. The maximum absolute atomic E-state index is 12.8. The molecule has 6 nitrogen and oxygen atoms in total. The van der Waals surface area contributed by atoms with Gasteiger partial charge in [0, 0.05) is 31.1 Å². The van der Waals surface area contributed by atoms with Crippen molar-refractivity contribution in [3.05, 3.63) is 17.3 Å². The van der Waals surface area contributed by atoms with Crippen molar-refractivity contribution >= 4 is 33.3 Å². The normalized spacial score (nSPS) is 21.3. The Labute approximate surface area is 177 Å². The number of thiophene rings is 1. The number of likely N-dealkylation sites (tertiary alicyclic amines) is 1. The Hall–Kier alpha value is -1.73. The van der Waals surface area contributed by atoms with E-state index in [4.69, 9.17) is 0 Å². The van der Waals surface area contributed by atoms with Gasteiger partial charge in [0.1, 0.15) is 17.0 Å². The molecule has 2 aliphatic heterocycles. The Morgan fingerprint density at radius 1 is 1.17 bits per heavy atom. The summed E-state index contributed by atoms with van der Waals surface area (Å²) in [5.41, 5.74) is 0. The van der Waals surface area contributed by atoms with Crippen LogP contribution in [0.15, 0.2) is 12.4 Å². The highest BCUT2D eigenvalue weighted by atomic mass is 32.1. The number of carbonyl (C=O) groups is 1. The second kappa shape index (κ2) is 9.85. The molecule has 0 radical (unpaired) electrons.